The Hall–Kier alpha value is -2.43. The molecule has 0 atom stereocenters. The molecule has 0 aromatic carbocycles. The lowest BCUT2D eigenvalue weighted by molar-refractivity contribution is 0.0947. The van der Waals surface area contributed by atoms with Gasteiger partial charge in [-0.2, -0.15) is 0 Å². The molecule has 3 heterocycles. The molecule has 2 aromatic rings. The molecule has 0 aliphatic carbocycles. The van der Waals surface area contributed by atoms with E-state index in [9.17, 15) is 9.59 Å². The Kier molecular flexibility index (Phi) is 3.33. The summed E-state index contributed by atoms with van der Waals surface area (Å²) in [6.07, 6.45) is 0. The third-order valence-electron chi connectivity index (χ3n) is 2.98. The molecule has 0 unspecified atom stereocenters. The molecule has 0 spiro atoms. The van der Waals surface area contributed by atoms with E-state index in [1.54, 1.807) is 9.36 Å². The molecule has 21 heavy (non-hydrogen) atoms. The number of carbonyl (C=O) groups excluding carboxylic acids is 2. The topological polar surface area (TPSA) is 120 Å². The molecule has 1 aliphatic rings. The highest BCUT2D eigenvalue weighted by molar-refractivity contribution is 7.99. The number of nitrogens with one attached hydrogen (secondary N) is 2. The van der Waals surface area contributed by atoms with Crippen molar-refractivity contribution in [1.82, 2.24) is 40.6 Å². The van der Waals surface area contributed by atoms with Gasteiger partial charge >= 0.3 is 0 Å². The van der Waals surface area contributed by atoms with Crippen molar-refractivity contribution in [3.05, 3.63) is 11.4 Å². The first-order valence-corrected chi connectivity index (χ1v) is 6.96. The van der Waals surface area contributed by atoms with Crippen LogP contribution in [0.1, 0.15) is 21.0 Å². The number of hydrogen-bond donors (Lipinski definition) is 2. The highest BCUT2D eigenvalue weighted by Crippen LogP contribution is 2.33. The van der Waals surface area contributed by atoms with Crippen LogP contribution in [0, 0.1) is 0 Å². The Morgan fingerprint density at radius 3 is 1.76 bits per heavy atom. The highest BCUT2D eigenvalue weighted by atomic mass is 32.2. The zero-order valence-corrected chi connectivity index (χ0v) is 12.1. The lowest BCUT2D eigenvalue weighted by Crippen LogP contribution is -2.20. The number of amides is 2. The molecule has 0 saturated carbocycles. The normalized spacial score (nSPS) is 13.0. The van der Waals surface area contributed by atoms with E-state index >= 15 is 0 Å². The van der Waals surface area contributed by atoms with Crippen LogP contribution in [0.2, 0.25) is 0 Å². The summed E-state index contributed by atoms with van der Waals surface area (Å²) in [5.74, 6) is -0.655. The van der Waals surface area contributed by atoms with Crippen molar-refractivity contribution in [2.24, 2.45) is 0 Å². The quantitative estimate of drug-likeness (QED) is 0.711. The van der Waals surface area contributed by atoms with Crippen molar-refractivity contribution in [2.45, 2.75) is 23.1 Å². The number of aromatic nitrogens is 6. The Morgan fingerprint density at radius 2 is 1.38 bits per heavy atom. The van der Waals surface area contributed by atoms with Crippen LogP contribution in [0.3, 0.4) is 0 Å². The van der Waals surface area contributed by atoms with Gasteiger partial charge in [-0.3, -0.25) is 9.59 Å². The Morgan fingerprint density at radius 1 is 0.952 bits per heavy atom. The van der Waals surface area contributed by atoms with Gasteiger partial charge in [0.25, 0.3) is 11.8 Å². The molecule has 10 nitrogen and oxygen atoms in total. The van der Waals surface area contributed by atoms with E-state index in [0.717, 1.165) is 0 Å². The number of rotatable bonds is 2. The van der Waals surface area contributed by atoms with Crippen LogP contribution >= 0.6 is 11.8 Å². The van der Waals surface area contributed by atoms with E-state index in [4.69, 9.17) is 0 Å². The zero-order chi connectivity index (χ0) is 15.0. The minimum Gasteiger partial charge on any atom is -0.354 e. The molecular weight excluding hydrogens is 296 g/mol. The van der Waals surface area contributed by atoms with Gasteiger partial charge in [0.15, 0.2) is 11.4 Å². The maximum atomic E-state index is 11.8. The first-order chi connectivity index (χ1) is 10.2. The Labute approximate surface area is 123 Å². The molecule has 2 aromatic heterocycles. The van der Waals surface area contributed by atoms with Crippen LogP contribution in [0.15, 0.2) is 10.1 Å². The summed E-state index contributed by atoms with van der Waals surface area (Å²) in [5, 5.41) is 21.9. The Balaban J connectivity index is 2.06. The average Bonchev–Trinajstić information content (AvgIpc) is 3.05. The summed E-state index contributed by atoms with van der Waals surface area (Å²) in [4.78, 5) is 23.7. The van der Waals surface area contributed by atoms with Gasteiger partial charge in [-0.25, -0.2) is 9.36 Å². The third-order valence-corrected chi connectivity index (χ3v) is 4.18. The van der Waals surface area contributed by atoms with E-state index in [-0.39, 0.29) is 23.2 Å². The maximum absolute atomic E-state index is 11.8. The van der Waals surface area contributed by atoms with Crippen molar-refractivity contribution in [3.8, 4) is 0 Å². The standard InChI is InChI=1S/C10H12N8O2S/c1-11-7(19)5-9-17(15-13-5)3-4-18-10(21-9)6(14-16-18)8(20)12-2/h3-4H2,1-2H3,(H,11,19)(H,12,20). The SMILES string of the molecule is CNC(=O)c1nnn2c1Sc1c(C(=O)NC)nnn1CC2. The maximum Gasteiger partial charge on any atom is 0.274 e. The molecule has 3 rings (SSSR count). The average molecular weight is 308 g/mol. The molecule has 0 radical (unpaired) electrons. The van der Waals surface area contributed by atoms with E-state index in [2.05, 4.69) is 31.3 Å². The van der Waals surface area contributed by atoms with E-state index < -0.39 is 0 Å². The second kappa shape index (κ2) is 5.16. The van der Waals surface area contributed by atoms with E-state index in [1.807, 2.05) is 0 Å². The van der Waals surface area contributed by atoms with Gasteiger partial charge in [0.1, 0.15) is 10.1 Å². The van der Waals surface area contributed by atoms with Crippen LogP contribution in [0.5, 0.6) is 0 Å². The second-order valence-electron chi connectivity index (χ2n) is 4.19. The fourth-order valence-corrected chi connectivity index (χ4v) is 3.02. The summed E-state index contributed by atoms with van der Waals surface area (Å²) in [6.45, 7) is 0.992. The highest BCUT2D eigenvalue weighted by Gasteiger charge is 2.28. The predicted octanol–water partition coefficient (Wildman–Crippen LogP) is -1.25. The fraction of sp³-hybridized carbons (Fsp3) is 0.400. The fourth-order valence-electron chi connectivity index (χ4n) is 1.91. The molecule has 110 valence electrons. The molecule has 0 bridgehead atoms. The van der Waals surface area contributed by atoms with Crippen molar-refractivity contribution >= 4 is 23.6 Å². The number of carbonyl (C=O) groups is 2. The lowest BCUT2D eigenvalue weighted by atomic mass is 10.4. The molecule has 2 amide bonds. The van der Waals surface area contributed by atoms with Crippen LogP contribution < -0.4 is 10.6 Å². The van der Waals surface area contributed by atoms with Crippen molar-refractivity contribution < 1.29 is 9.59 Å². The minimum atomic E-state index is -0.328. The number of fused-ring (bicyclic) bond motifs is 2. The summed E-state index contributed by atoms with van der Waals surface area (Å²) in [6, 6.07) is 0. The molecule has 2 N–H and O–H groups in total. The van der Waals surface area contributed by atoms with Gasteiger partial charge in [0.2, 0.25) is 0 Å². The van der Waals surface area contributed by atoms with Crippen LogP contribution in [-0.2, 0) is 13.1 Å². The first kappa shape index (κ1) is 13.5. The number of aryl methyl sites for hydroxylation is 2. The largest absolute Gasteiger partial charge is 0.354 e. The van der Waals surface area contributed by atoms with Gasteiger partial charge in [0, 0.05) is 14.1 Å². The summed E-state index contributed by atoms with van der Waals surface area (Å²) < 4.78 is 3.25. The lowest BCUT2D eigenvalue weighted by Gasteiger charge is -2.02. The van der Waals surface area contributed by atoms with Gasteiger partial charge in [-0.15, -0.1) is 10.2 Å². The van der Waals surface area contributed by atoms with Gasteiger partial charge in [-0.05, 0) is 11.8 Å². The van der Waals surface area contributed by atoms with E-state index in [1.165, 1.54) is 25.9 Å². The monoisotopic (exact) mass is 308 g/mol. The molecule has 11 heteroatoms. The Bertz CT molecular complexity index is 660. The summed E-state index contributed by atoms with van der Waals surface area (Å²) >= 11 is 1.21. The zero-order valence-electron chi connectivity index (χ0n) is 11.3. The molecular formula is C10H12N8O2S. The van der Waals surface area contributed by atoms with Gasteiger partial charge < -0.3 is 10.6 Å². The van der Waals surface area contributed by atoms with E-state index in [0.29, 0.717) is 23.1 Å². The second-order valence-corrected chi connectivity index (χ2v) is 5.17. The van der Waals surface area contributed by atoms with Gasteiger partial charge in [-0.1, -0.05) is 10.4 Å². The third kappa shape index (κ3) is 2.14. The molecule has 0 saturated heterocycles. The van der Waals surface area contributed by atoms with Gasteiger partial charge in [0.05, 0.1) is 13.1 Å². The molecule has 1 aliphatic heterocycles. The summed E-state index contributed by atoms with van der Waals surface area (Å²) in [7, 11) is 3.05. The smallest absolute Gasteiger partial charge is 0.274 e. The van der Waals surface area contributed by atoms with Crippen LogP contribution in [0.25, 0.3) is 0 Å². The van der Waals surface area contributed by atoms with Crippen molar-refractivity contribution in [3.63, 3.8) is 0 Å². The predicted molar refractivity (Wildman–Crippen MR) is 70.9 cm³/mol. The van der Waals surface area contributed by atoms with Crippen molar-refractivity contribution in [1.29, 1.82) is 0 Å². The summed E-state index contributed by atoms with van der Waals surface area (Å²) in [5.41, 5.74) is 0.444. The number of hydrogen-bond acceptors (Lipinski definition) is 7. The molecule has 0 fully saturated rings. The van der Waals surface area contributed by atoms with Crippen molar-refractivity contribution in [2.75, 3.05) is 14.1 Å². The first-order valence-electron chi connectivity index (χ1n) is 6.14. The van der Waals surface area contributed by atoms with Crippen LogP contribution in [0.4, 0.5) is 0 Å². The number of nitrogens with zero attached hydrogens (tertiary/aromatic N) is 6. The van der Waals surface area contributed by atoms with Crippen LogP contribution in [-0.4, -0.2) is 55.9 Å². The minimum absolute atomic E-state index is 0.222.